The van der Waals surface area contributed by atoms with E-state index in [4.69, 9.17) is 10.2 Å². The summed E-state index contributed by atoms with van der Waals surface area (Å²) in [6.45, 7) is 8.65. The Morgan fingerprint density at radius 3 is 1.80 bits per heavy atom. The van der Waals surface area contributed by atoms with Gasteiger partial charge in [0.2, 0.25) is 0 Å². The van der Waals surface area contributed by atoms with Gasteiger partial charge >= 0.3 is 6.18 Å². The number of para-hydroxylation sites is 1. The molecule has 35 heavy (non-hydrogen) atoms. The first-order chi connectivity index (χ1) is 16.0. The smallest absolute Gasteiger partial charge is 0.406 e. The van der Waals surface area contributed by atoms with E-state index in [0.29, 0.717) is 5.56 Å². The molecule has 3 nitrogen and oxygen atoms in total. The molecule has 3 N–H and O–H groups in total. The van der Waals surface area contributed by atoms with Crippen molar-refractivity contribution in [3.05, 3.63) is 90.0 Å². The van der Waals surface area contributed by atoms with Gasteiger partial charge in [-0.1, -0.05) is 93.6 Å². The second-order valence-corrected chi connectivity index (χ2v) is 13.8. The molecule has 0 radical (unpaired) electrons. The second-order valence-electron chi connectivity index (χ2n) is 9.49. The number of hydrogen-bond donors (Lipinski definition) is 2. The van der Waals surface area contributed by atoms with Gasteiger partial charge in [-0.15, -0.1) is 12.4 Å². The van der Waals surface area contributed by atoms with E-state index in [1.165, 1.54) is 6.07 Å². The standard InChI is InChI=1S/C27H33F3N2OSi.ClH/c1-20(31)23-16-11-17-24(27(28,29)30)25(23)32-18-19-33-34(26(2,3)4,21-12-7-5-8-13-21)22-14-9-6-10-15-22;/h5-17,20,32H,18-19,31H2,1-4H3;1H/t20-;/m1./s1. The van der Waals surface area contributed by atoms with E-state index in [-0.39, 0.29) is 36.3 Å². The first kappa shape index (κ1) is 28.9. The summed E-state index contributed by atoms with van der Waals surface area (Å²) in [5, 5.41) is 5.03. The Labute approximate surface area is 213 Å². The lowest BCUT2D eigenvalue weighted by atomic mass is 10.0. The predicted molar refractivity (Wildman–Crippen MR) is 143 cm³/mol. The third-order valence-electron chi connectivity index (χ3n) is 6.03. The lowest BCUT2D eigenvalue weighted by Gasteiger charge is -2.43. The molecule has 3 rings (SSSR count). The summed E-state index contributed by atoms with van der Waals surface area (Å²) in [5.41, 5.74) is 5.72. The third-order valence-corrected chi connectivity index (χ3v) is 11.1. The van der Waals surface area contributed by atoms with Crippen LogP contribution in [-0.4, -0.2) is 21.5 Å². The van der Waals surface area contributed by atoms with Crippen molar-refractivity contribution in [1.29, 1.82) is 0 Å². The zero-order chi connectivity index (χ0) is 25.0. The molecule has 0 amide bonds. The van der Waals surface area contributed by atoms with Crippen molar-refractivity contribution in [2.24, 2.45) is 5.73 Å². The number of rotatable bonds is 8. The number of benzene rings is 3. The Morgan fingerprint density at radius 1 is 0.857 bits per heavy atom. The van der Waals surface area contributed by atoms with Gasteiger partial charge in [0, 0.05) is 12.6 Å². The highest BCUT2D eigenvalue weighted by Gasteiger charge is 2.50. The van der Waals surface area contributed by atoms with E-state index in [2.05, 4.69) is 50.4 Å². The first-order valence-electron chi connectivity index (χ1n) is 11.4. The van der Waals surface area contributed by atoms with Gasteiger partial charge in [-0.2, -0.15) is 13.2 Å². The molecule has 3 aromatic rings. The second kappa shape index (κ2) is 11.6. The number of nitrogens with one attached hydrogen (secondary N) is 1. The molecule has 0 aliphatic heterocycles. The van der Waals surface area contributed by atoms with Gasteiger partial charge in [0.1, 0.15) is 0 Å². The molecule has 190 valence electrons. The molecule has 0 aliphatic rings. The highest BCUT2D eigenvalue weighted by atomic mass is 35.5. The van der Waals surface area contributed by atoms with Crippen molar-refractivity contribution < 1.29 is 17.6 Å². The monoisotopic (exact) mass is 522 g/mol. The summed E-state index contributed by atoms with van der Waals surface area (Å²) >= 11 is 0. The van der Waals surface area contributed by atoms with E-state index >= 15 is 0 Å². The van der Waals surface area contributed by atoms with Crippen molar-refractivity contribution >= 4 is 36.8 Å². The molecular weight excluding hydrogens is 489 g/mol. The van der Waals surface area contributed by atoms with Crippen LogP contribution in [0.25, 0.3) is 0 Å². The van der Waals surface area contributed by atoms with Crippen molar-refractivity contribution in [1.82, 2.24) is 0 Å². The van der Waals surface area contributed by atoms with Gasteiger partial charge < -0.3 is 15.5 Å². The van der Waals surface area contributed by atoms with Crippen LogP contribution >= 0.6 is 12.4 Å². The predicted octanol–water partition coefficient (Wildman–Crippen LogP) is 6.14. The van der Waals surface area contributed by atoms with Crippen LogP contribution in [0, 0.1) is 0 Å². The molecule has 0 saturated heterocycles. The van der Waals surface area contributed by atoms with E-state index in [1.54, 1.807) is 13.0 Å². The number of halogens is 4. The zero-order valence-corrected chi connectivity index (χ0v) is 22.3. The average molecular weight is 523 g/mol. The molecule has 8 heteroatoms. The molecule has 0 aromatic heterocycles. The molecule has 0 saturated carbocycles. The summed E-state index contributed by atoms with van der Waals surface area (Å²) < 4.78 is 47.8. The molecule has 3 aromatic carbocycles. The molecular formula is C27H34ClF3N2OSi. The Bertz CT molecular complexity index is 1030. The third kappa shape index (κ3) is 6.28. The largest absolute Gasteiger partial charge is 0.418 e. The van der Waals surface area contributed by atoms with Gasteiger partial charge in [-0.3, -0.25) is 0 Å². The zero-order valence-electron chi connectivity index (χ0n) is 20.5. The van der Waals surface area contributed by atoms with Crippen LogP contribution in [0.3, 0.4) is 0 Å². The van der Waals surface area contributed by atoms with Crippen molar-refractivity contribution in [3.8, 4) is 0 Å². The van der Waals surface area contributed by atoms with Crippen LogP contribution in [0.4, 0.5) is 18.9 Å². The van der Waals surface area contributed by atoms with Crippen molar-refractivity contribution in [2.75, 3.05) is 18.5 Å². The lowest BCUT2D eigenvalue weighted by Crippen LogP contribution is -2.66. The Balaban J connectivity index is 0.00000432. The van der Waals surface area contributed by atoms with Crippen LogP contribution in [-0.2, 0) is 10.6 Å². The van der Waals surface area contributed by atoms with E-state index in [1.807, 2.05) is 36.4 Å². The molecule has 0 aliphatic carbocycles. The highest BCUT2D eigenvalue weighted by Crippen LogP contribution is 2.39. The van der Waals surface area contributed by atoms with Gasteiger partial charge in [-0.25, -0.2) is 0 Å². The normalized spacial score (nSPS) is 13.1. The summed E-state index contributed by atoms with van der Waals surface area (Å²) in [5.74, 6) is 0. The van der Waals surface area contributed by atoms with Gasteiger partial charge in [0.15, 0.2) is 0 Å². The fraction of sp³-hybridized carbons (Fsp3) is 0.333. The minimum atomic E-state index is -4.48. The minimum absolute atomic E-state index is 0. The number of hydrogen-bond acceptors (Lipinski definition) is 3. The highest BCUT2D eigenvalue weighted by molar-refractivity contribution is 6.99. The van der Waals surface area contributed by atoms with Crippen molar-refractivity contribution in [2.45, 2.75) is 45.0 Å². The minimum Gasteiger partial charge on any atom is -0.406 e. The quantitative estimate of drug-likeness (QED) is 0.276. The van der Waals surface area contributed by atoms with Crippen LogP contribution in [0.1, 0.15) is 44.9 Å². The maximum atomic E-state index is 13.7. The Kier molecular flexibility index (Phi) is 9.59. The number of alkyl halides is 3. The summed E-state index contributed by atoms with van der Waals surface area (Å²) in [4.78, 5) is 0. The number of nitrogens with two attached hydrogens (primary N) is 1. The van der Waals surface area contributed by atoms with Gasteiger partial charge in [0.25, 0.3) is 8.32 Å². The molecule has 1 atom stereocenters. The summed E-state index contributed by atoms with van der Waals surface area (Å²) in [7, 11) is -2.76. The molecule has 0 heterocycles. The maximum Gasteiger partial charge on any atom is 0.418 e. The van der Waals surface area contributed by atoms with Crippen LogP contribution in [0.5, 0.6) is 0 Å². The fourth-order valence-corrected chi connectivity index (χ4v) is 9.09. The summed E-state index contributed by atoms with van der Waals surface area (Å²) in [6.07, 6.45) is -4.48. The van der Waals surface area contributed by atoms with Gasteiger partial charge in [0.05, 0.1) is 17.9 Å². The molecule has 0 fully saturated rings. The molecule has 0 unspecified atom stereocenters. The maximum absolute atomic E-state index is 13.7. The van der Waals surface area contributed by atoms with E-state index < -0.39 is 26.1 Å². The van der Waals surface area contributed by atoms with Crippen LogP contribution in [0.2, 0.25) is 5.04 Å². The lowest BCUT2D eigenvalue weighted by molar-refractivity contribution is -0.137. The SMILES string of the molecule is C[C@@H](N)c1cccc(C(F)(F)F)c1NCCO[Si](c1ccccc1)(c1ccccc1)C(C)(C)C.Cl. The Morgan fingerprint density at radius 2 is 1.37 bits per heavy atom. The Hall–Kier alpha value is -2.32. The molecule has 0 spiro atoms. The molecule has 0 bridgehead atoms. The summed E-state index contributed by atoms with van der Waals surface area (Å²) in [6, 6.07) is 23.9. The van der Waals surface area contributed by atoms with Gasteiger partial charge in [-0.05, 0) is 34.0 Å². The first-order valence-corrected chi connectivity index (χ1v) is 13.3. The van der Waals surface area contributed by atoms with Crippen LogP contribution < -0.4 is 21.4 Å². The topological polar surface area (TPSA) is 47.3 Å². The van der Waals surface area contributed by atoms with E-state index in [0.717, 1.165) is 16.4 Å². The van der Waals surface area contributed by atoms with Crippen molar-refractivity contribution in [3.63, 3.8) is 0 Å². The van der Waals surface area contributed by atoms with E-state index in [9.17, 15) is 13.2 Å². The number of anilines is 1. The fourth-order valence-electron chi connectivity index (χ4n) is 4.52. The van der Waals surface area contributed by atoms with Crippen LogP contribution in [0.15, 0.2) is 78.9 Å². The average Bonchev–Trinajstić information content (AvgIpc) is 2.78.